The lowest BCUT2D eigenvalue weighted by Gasteiger charge is -1.98. The number of sulfone groups is 1. The zero-order valence-corrected chi connectivity index (χ0v) is 9.76. The molecule has 84 valence electrons. The first-order chi connectivity index (χ1) is 7.43. The number of hydrogen-bond donors (Lipinski definition) is 1. The smallest absolute Gasteiger partial charge is 0.175 e. The number of aryl methyl sites for hydroxylation is 1. The Hall–Kier alpha value is -1.62. The van der Waals surface area contributed by atoms with E-state index >= 15 is 0 Å². The van der Waals surface area contributed by atoms with Crippen LogP contribution in [0, 0.1) is 6.92 Å². The van der Waals surface area contributed by atoms with Crippen molar-refractivity contribution in [1.29, 1.82) is 0 Å². The first kappa shape index (κ1) is 10.9. The van der Waals surface area contributed by atoms with Crippen molar-refractivity contribution in [2.75, 3.05) is 6.26 Å². The number of aldehydes is 1. The Kier molecular flexibility index (Phi) is 2.35. The van der Waals surface area contributed by atoms with E-state index in [0.717, 1.165) is 29.0 Å². The fourth-order valence-corrected chi connectivity index (χ4v) is 2.32. The van der Waals surface area contributed by atoms with E-state index in [9.17, 15) is 13.2 Å². The molecule has 5 heteroatoms. The SMILES string of the molecule is Cc1c(C=O)[nH]c2ccc(S(C)(=O)=O)cc12. The van der Waals surface area contributed by atoms with Crippen molar-refractivity contribution in [3.05, 3.63) is 29.5 Å². The van der Waals surface area contributed by atoms with E-state index in [1.165, 1.54) is 6.07 Å². The van der Waals surface area contributed by atoms with E-state index in [1.54, 1.807) is 19.1 Å². The Balaban J connectivity index is 2.80. The van der Waals surface area contributed by atoms with E-state index in [2.05, 4.69) is 4.98 Å². The van der Waals surface area contributed by atoms with Crippen LogP contribution in [0.2, 0.25) is 0 Å². The molecule has 2 rings (SSSR count). The molecule has 16 heavy (non-hydrogen) atoms. The minimum atomic E-state index is -3.21. The summed E-state index contributed by atoms with van der Waals surface area (Å²) in [7, 11) is -3.21. The maximum absolute atomic E-state index is 11.4. The van der Waals surface area contributed by atoms with Gasteiger partial charge in [0.25, 0.3) is 0 Å². The van der Waals surface area contributed by atoms with Gasteiger partial charge in [0.1, 0.15) is 0 Å². The van der Waals surface area contributed by atoms with Gasteiger partial charge in [0.05, 0.1) is 10.6 Å². The maximum Gasteiger partial charge on any atom is 0.175 e. The zero-order valence-electron chi connectivity index (χ0n) is 8.94. The van der Waals surface area contributed by atoms with E-state index in [-0.39, 0.29) is 4.90 Å². The summed E-state index contributed by atoms with van der Waals surface area (Å²) < 4.78 is 22.8. The highest BCUT2D eigenvalue weighted by Gasteiger charge is 2.11. The summed E-state index contributed by atoms with van der Waals surface area (Å²) in [6.07, 6.45) is 1.90. The molecule has 1 aromatic heterocycles. The van der Waals surface area contributed by atoms with Crippen molar-refractivity contribution < 1.29 is 13.2 Å². The number of hydrogen-bond acceptors (Lipinski definition) is 3. The minimum absolute atomic E-state index is 0.263. The molecule has 0 fully saturated rings. The first-order valence-corrected chi connectivity index (χ1v) is 6.60. The number of carbonyl (C=O) groups is 1. The molecule has 0 aliphatic heterocycles. The molecule has 0 unspecified atom stereocenters. The van der Waals surface area contributed by atoms with E-state index in [0.29, 0.717) is 5.69 Å². The molecular weight excluding hydrogens is 226 g/mol. The predicted molar refractivity (Wildman–Crippen MR) is 61.5 cm³/mol. The molecule has 0 atom stereocenters. The summed E-state index contributed by atoms with van der Waals surface area (Å²) in [5, 5.41) is 0.769. The molecule has 2 aromatic rings. The number of H-pyrrole nitrogens is 1. The Bertz CT molecular complexity index is 668. The topological polar surface area (TPSA) is 67.0 Å². The fraction of sp³-hybridized carbons (Fsp3) is 0.182. The molecule has 0 aliphatic rings. The van der Waals surface area contributed by atoms with Crippen LogP contribution in [0.5, 0.6) is 0 Å². The van der Waals surface area contributed by atoms with Crippen LogP contribution in [0.15, 0.2) is 23.1 Å². The normalized spacial score (nSPS) is 11.9. The molecule has 0 radical (unpaired) electrons. The van der Waals surface area contributed by atoms with Crippen molar-refractivity contribution in [1.82, 2.24) is 4.98 Å². The van der Waals surface area contributed by atoms with Crippen molar-refractivity contribution in [2.24, 2.45) is 0 Å². The minimum Gasteiger partial charge on any atom is -0.352 e. The molecule has 4 nitrogen and oxygen atoms in total. The standard InChI is InChI=1S/C11H11NO3S/c1-7-9-5-8(16(2,14)15)3-4-10(9)12-11(7)6-13/h3-6,12H,1-2H3. The third kappa shape index (κ3) is 1.63. The summed E-state index contributed by atoms with van der Waals surface area (Å²) in [6.45, 7) is 1.79. The van der Waals surface area contributed by atoms with Gasteiger partial charge in [-0.05, 0) is 30.7 Å². The average Bonchev–Trinajstić information content (AvgIpc) is 2.54. The summed E-state index contributed by atoms with van der Waals surface area (Å²) >= 11 is 0. The van der Waals surface area contributed by atoms with Crippen LogP contribution in [0.1, 0.15) is 16.1 Å². The third-order valence-corrected chi connectivity index (χ3v) is 3.72. The largest absolute Gasteiger partial charge is 0.352 e. The molecular formula is C11H11NO3S. The number of carbonyl (C=O) groups excluding carboxylic acids is 1. The van der Waals surface area contributed by atoms with Crippen LogP contribution in [-0.4, -0.2) is 25.9 Å². The highest BCUT2D eigenvalue weighted by molar-refractivity contribution is 7.90. The van der Waals surface area contributed by atoms with E-state index in [1.807, 2.05) is 0 Å². The second-order valence-electron chi connectivity index (χ2n) is 3.76. The highest BCUT2D eigenvalue weighted by Crippen LogP contribution is 2.23. The van der Waals surface area contributed by atoms with Gasteiger partial charge in [0.15, 0.2) is 16.1 Å². The molecule has 0 saturated carbocycles. The fourth-order valence-electron chi connectivity index (χ4n) is 1.68. The predicted octanol–water partition coefficient (Wildman–Crippen LogP) is 1.69. The van der Waals surface area contributed by atoms with Gasteiger partial charge in [-0.1, -0.05) is 0 Å². The highest BCUT2D eigenvalue weighted by atomic mass is 32.2. The van der Waals surface area contributed by atoms with E-state index < -0.39 is 9.84 Å². The lowest BCUT2D eigenvalue weighted by molar-refractivity contribution is 0.111. The van der Waals surface area contributed by atoms with Crippen LogP contribution < -0.4 is 0 Å². The Morgan fingerprint density at radius 3 is 2.56 bits per heavy atom. The van der Waals surface area contributed by atoms with Crippen molar-refractivity contribution in [3.63, 3.8) is 0 Å². The Labute approximate surface area is 93.2 Å². The van der Waals surface area contributed by atoms with Crippen LogP contribution in [0.4, 0.5) is 0 Å². The van der Waals surface area contributed by atoms with Gasteiger partial charge < -0.3 is 4.98 Å². The molecule has 1 heterocycles. The van der Waals surface area contributed by atoms with Crippen LogP contribution in [0.25, 0.3) is 10.9 Å². The zero-order chi connectivity index (χ0) is 11.9. The summed E-state index contributed by atoms with van der Waals surface area (Å²) in [4.78, 5) is 13.9. The lowest BCUT2D eigenvalue weighted by Crippen LogP contribution is -1.96. The molecule has 1 aromatic carbocycles. The van der Waals surface area contributed by atoms with E-state index in [4.69, 9.17) is 0 Å². The van der Waals surface area contributed by atoms with Gasteiger partial charge in [-0.25, -0.2) is 8.42 Å². The molecule has 0 spiro atoms. The lowest BCUT2D eigenvalue weighted by atomic mass is 10.1. The number of nitrogens with one attached hydrogen (secondary N) is 1. The maximum atomic E-state index is 11.4. The van der Waals surface area contributed by atoms with Crippen molar-refractivity contribution in [3.8, 4) is 0 Å². The second-order valence-corrected chi connectivity index (χ2v) is 5.78. The summed E-state index contributed by atoms with van der Waals surface area (Å²) in [5.41, 5.74) is 2.03. The second kappa shape index (κ2) is 3.45. The molecule has 1 N–H and O–H groups in total. The van der Waals surface area contributed by atoms with Gasteiger partial charge >= 0.3 is 0 Å². The number of aromatic amines is 1. The van der Waals surface area contributed by atoms with Gasteiger partial charge in [0, 0.05) is 17.2 Å². The molecule has 0 aliphatic carbocycles. The summed E-state index contributed by atoms with van der Waals surface area (Å²) in [6, 6.07) is 4.79. The van der Waals surface area contributed by atoms with Gasteiger partial charge in [0.2, 0.25) is 0 Å². The third-order valence-electron chi connectivity index (χ3n) is 2.61. The van der Waals surface area contributed by atoms with Crippen molar-refractivity contribution in [2.45, 2.75) is 11.8 Å². The van der Waals surface area contributed by atoms with Crippen LogP contribution in [-0.2, 0) is 9.84 Å². The summed E-state index contributed by atoms with van der Waals surface area (Å²) in [5.74, 6) is 0. The Morgan fingerprint density at radius 2 is 2.00 bits per heavy atom. The number of fused-ring (bicyclic) bond motifs is 1. The monoisotopic (exact) mass is 237 g/mol. The Morgan fingerprint density at radius 1 is 1.31 bits per heavy atom. The van der Waals surface area contributed by atoms with Gasteiger partial charge in [-0.3, -0.25) is 4.79 Å². The van der Waals surface area contributed by atoms with Gasteiger partial charge in [-0.2, -0.15) is 0 Å². The number of aromatic nitrogens is 1. The first-order valence-electron chi connectivity index (χ1n) is 4.71. The van der Waals surface area contributed by atoms with Gasteiger partial charge in [-0.15, -0.1) is 0 Å². The van der Waals surface area contributed by atoms with Crippen molar-refractivity contribution >= 4 is 27.0 Å². The molecule has 0 bridgehead atoms. The average molecular weight is 237 g/mol. The number of rotatable bonds is 2. The quantitative estimate of drug-likeness (QED) is 0.808. The molecule has 0 amide bonds. The molecule has 0 saturated heterocycles. The van der Waals surface area contributed by atoms with Crippen LogP contribution in [0.3, 0.4) is 0 Å². The van der Waals surface area contributed by atoms with Crippen LogP contribution >= 0.6 is 0 Å². The number of benzene rings is 1.